The smallest absolute Gasteiger partial charge is 0.406 e. The first kappa shape index (κ1) is 28.4. The second kappa shape index (κ2) is 12.7. The number of para-hydroxylation sites is 1. The number of rotatable bonds is 8. The molecule has 2 fully saturated rings. The van der Waals surface area contributed by atoms with E-state index in [1.165, 1.54) is 18.2 Å². The minimum atomic E-state index is -0.468. The fourth-order valence-electron chi connectivity index (χ4n) is 6.74. The molecule has 2 aliphatic heterocycles. The van der Waals surface area contributed by atoms with E-state index in [1.54, 1.807) is 23.5 Å². The lowest BCUT2D eigenvalue weighted by Gasteiger charge is -2.34. The van der Waals surface area contributed by atoms with E-state index < -0.39 is 6.09 Å². The average Bonchev–Trinajstić information content (AvgIpc) is 3.78. The van der Waals surface area contributed by atoms with Crippen LogP contribution in [0.3, 0.4) is 0 Å². The molecule has 2 saturated heterocycles. The quantitative estimate of drug-likeness (QED) is 0.277. The van der Waals surface area contributed by atoms with Crippen LogP contribution >= 0.6 is 11.3 Å². The zero-order valence-corrected chi connectivity index (χ0v) is 24.7. The summed E-state index contributed by atoms with van der Waals surface area (Å²) in [7, 11) is 1.35. The number of methoxy groups -OCH3 is 1. The Kier molecular flexibility index (Phi) is 8.58. The lowest BCUT2D eigenvalue weighted by Crippen LogP contribution is -2.38. The maximum Gasteiger partial charge on any atom is 0.406 e. The summed E-state index contributed by atoms with van der Waals surface area (Å²) in [5, 5.41) is 8.09. The number of likely N-dealkylation sites (tertiary alicyclic amines) is 2. The number of halogens is 1. The van der Waals surface area contributed by atoms with Gasteiger partial charge in [-0.3, -0.25) is 4.79 Å². The number of thiophene rings is 1. The number of nitrogens with one attached hydrogen (secondary N) is 1. The van der Waals surface area contributed by atoms with Crippen LogP contribution in [-0.4, -0.2) is 72.7 Å². The van der Waals surface area contributed by atoms with Gasteiger partial charge in [0, 0.05) is 50.2 Å². The third kappa shape index (κ3) is 6.08. The third-order valence-corrected chi connectivity index (χ3v) is 9.65. The third-order valence-electron chi connectivity index (χ3n) is 8.95. The summed E-state index contributed by atoms with van der Waals surface area (Å²) in [6.45, 7) is 5.34. The summed E-state index contributed by atoms with van der Waals surface area (Å²) in [5.41, 5.74) is 4.13. The highest BCUT2D eigenvalue weighted by Gasteiger charge is 2.38. The Labute approximate surface area is 249 Å². The summed E-state index contributed by atoms with van der Waals surface area (Å²) in [5.74, 6) is 0.984. The molecule has 2 aromatic carbocycles. The van der Waals surface area contributed by atoms with Crippen molar-refractivity contribution >= 4 is 34.2 Å². The van der Waals surface area contributed by atoms with Gasteiger partial charge in [0.25, 0.3) is 5.91 Å². The van der Waals surface area contributed by atoms with Crippen molar-refractivity contribution in [1.29, 1.82) is 0 Å². The monoisotopic (exact) mass is 588 g/mol. The van der Waals surface area contributed by atoms with Gasteiger partial charge in [-0.05, 0) is 90.0 Å². The maximum atomic E-state index is 14.1. The first-order chi connectivity index (χ1) is 20.5. The molecule has 0 saturated carbocycles. The van der Waals surface area contributed by atoms with E-state index in [-0.39, 0.29) is 11.7 Å². The number of aromatic nitrogens is 1. The average molecular weight is 589 g/mol. The molecule has 0 radical (unpaired) electrons. The molecule has 1 N–H and O–H groups in total. The van der Waals surface area contributed by atoms with Crippen LogP contribution in [0.15, 0.2) is 71.6 Å². The summed E-state index contributed by atoms with van der Waals surface area (Å²) < 4.78 is 20.1. The van der Waals surface area contributed by atoms with Gasteiger partial charge in [-0.2, -0.15) is 11.3 Å². The van der Waals surface area contributed by atoms with Gasteiger partial charge < -0.3 is 24.4 Å². The van der Waals surface area contributed by atoms with Crippen molar-refractivity contribution in [2.45, 2.75) is 31.2 Å². The van der Waals surface area contributed by atoms with Gasteiger partial charge >= 0.3 is 6.09 Å². The second-order valence-electron chi connectivity index (χ2n) is 11.4. The number of alkyl carbamates (subject to hydrolysis) is 1. The zero-order chi connectivity index (χ0) is 29.1. The molecule has 9 heteroatoms. The summed E-state index contributed by atoms with van der Waals surface area (Å²) in [4.78, 5) is 30.2. The van der Waals surface area contributed by atoms with Crippen molar-refractivity contribution in [2.75, 3.05) is 46.4 Å². The standard InChI is InChI=1S/C33H37FN4O3S/c1-41-33(40)35-13-17-37-16-11-25-3-2-4-29(31(25)37)32(39)38-20-27(30(21-38)26-12-18-42-22-26)19-36-14-9-24(10-15-36)23-5-7-28(34)8-6-23/h2-8,11-12,16,18,22,24,27,30H,9-10,13-15,17,19-21H2,1H3,(H,35,40). The van der Waals surface area contributed by atoms with Gasteiger partial charge in [0.15, 0.2) is 0 Å². The fraction of sp³-hybridized carbons (Fsp3) is 0.394. The number of piperidine rings is 1. The number of fused-ring (bicyclic) bond motifs is 1. The van der Waals surface area contributed by atoms with Crippen LogP contribution in [0.2, 0.25) is 0 Å². The molecular weight excluding hydrogens is 551 g/mol. The highest BCUT2D eigenvalue weighted by molar-refractivity contribution is 7.08. The largest absolute Gasteiger partial charge is 0.453 e. The summed E-state index contributed by atoms with van der Waals surface area (Å²) in [6.07, 6.45) is 3.63. The first-order valence-corrected chi connectivity index (χ1v) is 15.6. The Morgan fingerprint density at radius 1 is 1.02 bits per heavy atom. The van der Waals surface area contributed by atoms with Crippen LogP contribution < -0.4 is 5.32 Å². The minimum absolute atomic E-state index is 0.0548. The molecule has 2 atom stereocenters. The van der Waals surface area contributed by atoms with Gasteiger partial charge in [0.1, 0.15) is 5.82 Å². The summed E-state index contributed by atoms with van der Waals surface area (Å²) in [6, 6.07) is 17.1. The van der Waals surface area contributed by atoms with E-state index in [1.807, 2.05) is 52.1 Å². The molecule has 0 spiro atoms. The molecular formula is C33H37FN4O3S. The Balaban J connectivity index is 1.16. The van der Waals surface area contributed by atoms with Crippen LogP contribution in [0.1, 0.15) is 46.2 Å². The number of hydrogen-bond donors (Lipinski definition) is 1. The molecule has 2 unspecified atom stereocenters. The van der Waals surface area contributed by atoms with Crippen LogP contribution in [0.25, 0.3) is 10.9 Å². The Morgan fingerprint density at radius 3 is 2.57 bits per heavy atom. The van der Waals surface area contributed by atoms with E-state index in [2.05, 4.69) is 31.8 Å². The highest BCUT2D eigenvalue weighted by Crippen LogP contribution is 2.37. The molecule has 0 aliphatic carbocycles. The van der Waals surface area contributed by atoms with Crippen LogP contribution in [0.4, 0.5) is 9.18 Å². The van der Waals surface area contributed by atoms with E-state index >= 15 is 0 Å². The van der Waals surface area contributed by atoms with Crippen molar-refractivity contribution in [3.05, 3.63) is 94.1 Å². The fourth-order valence-corrected chi connectivity index (χ4v) is 7.47. The Bertz CT molecular complexity index is 1510. The van der Waals surface area contributed by atoms with Gasteiger partial charge in [-0.15, -0.1) is 0 Å². The summed E-state index contributed by atoms with van der Waals surface area (Å²) >= 11 is 1.71. The molecule has 42 heavy (non-hydrogen) atoms. The predicted octanol–water partition coefficient (Wildman–Crippen LogP) is 5.93. The molecule has 2 aliphatic rings. The number of carbonyl (C=O) groups excluding carboxylic acids is 2. The van der Waals surface area contributed by atoms with Crippen molar-refractivity contribution < 1.29 is 18.7 Å². The van der Waals surface area contributed by atoms with E-state index in [0.717, 1.165) is 49.9 Å². The van der Waals surface area contributed by atoms with Crippen molar-refractivity contribution in [3.63, 3.8) is 0 Å². The number of nitrogens with zero attached hydrogens (tertiary/aromatic N) is 3. The number of hydrogen-bond acceptors (Lipinski definition) is 5. The molecule has 2 amide bonds. The molecule has 0 bridgehead atoms. The number of amides is 2. The molecule has 2 aromatic heterocycles. The molecule has 6 rings (SSSR count). The van der Waals surface area contributed by atoms with Crippen LogP contribution in [-0.2, 0) is 11.3 Å². The number of carbonyl (C=O) groups is 2. The minimum Gasteiger partial charge on any atom is -0.453 e. The topological polar surface area (TPSA) is 66.8 Å². The van der Waals surface area contributed by atoms with Crippen LogP contribution in [0.5, 0.6) is 0 Å². The van der Waals surface area contributed by atoms with Crippen molar-refractivity contribution in [1.82, 2.24) is 19.7 Å². The van der Waals surface area contributed by atoms with Gasteiger partial charge in [0.2, 0.25) is 0 Å². The lowest BCUT2D eigenvalue weighted by atomic mass is 9.87. The van der Waals surface area contributed by atoms with Crippen LogP contribution in [0, 0.1) is 11.7 Å². The lowest BCUT2D eigenvalue weighted by molar-refractivity contribution is 0.0782. The maximum absolute atomic E-state index is 14.1. The predicted molar refractivity (Wildman–Crippen MR) is 164 cm³/mol. The highest BCUT2D eigenvalue weighted by atomic mass is 32.1. The van der Waals surface area contributed by atoms with E-state index in [4.69, 9.17) is 0 Å². The van der Waals surface area contributed by atoms with E-state index in [9.17, 15) is 14.0 Å². The molecule has 220 valence electrons. The second-order valence-corrected chi connectivity index (χ2v) is 12.2. The number of benzene rings is 2. The van der Waals surface area contributed by atoms with Gasteiger partial charge in [-0.1, -0.05) is 24.3 Å². The first-order valence-electron chi connectivity index (χ1n) is 14.7. The van der Waals surface area contributed by atoms with Crippen molar-refractivity contribution in [3.8, 4) is 0 Å². The van der Waals surface area contributed by atoms with Gasteiger partial charge in [-0.25, -0.2) is 9.18 Å². The normalized spacial score (nSPS) is 19.8. The van der Waals surface area contributed by atoms with E-state index in [0.29, 0.717) is 43.0 Å². The SMILES string of the molecule is COC(=O)NCCn1ccc2cccc(C(=O)N3CC(CN4CCC(c5ccc(F)cc5)CC4)C(c4ccsc4)C3)c21. The Hall–Kier alpha value is -3.69. The molecule has 4 heterocycles. The Morgan fingerprint density at radius 2 is 1.83 bits per heavy atom. The zero-order valence-electron chi connectivity index (χ0n) is 23.9. The molecule has 7 nitrogen and oxygen atoms in total. The molecule has 4 aromatic rings. The van der Waals surface area contributed by atoms with Gasteiger partial charge in [0.05, 0.1) is 18.2 Å². The van der Waals surface area contributed by atoms with Crippen molar-refractivity contribution in [2.24, 2.45) is 5.92 Å². The number of ether oxygens (including phenoxy) is 1.